The van der Waals surface area contributed by atoms with Gasteiger partial charge in [-0.15, -0.1) is 0 Å². The van der Waals surface area contributed by atoms with Gasteiger partial charge in [-0.05, 0) is 62.1 Å². The number of benzene rings is 1. The van der Waals surface area contributed by atoms with Crippen LogP contribution in [-0.4, -0.2) is 104 Å². The number of hydrogen-bond donors (Lipinski definition) is 6. The Kier molecular flexibility index (Phi) is 11.5. The fourth-order valence-corrected chi connectivity index (χ4v) is 5.58. The van der Waals surface area contributed by atoms with E-state index in [9.17, 15) is 44.1 Å². The van der Waals surface area contributed by atoms with E-state index >= 15 is 0 Å². The van der Waals surface area contributed by atoms with Crippen molar-refractivity contribution in [3.05, 3.63) is 29.8 Å². The van der Waals surface area contributed by atoms with Gasteiger partial charge in [0.25, 0.3) is 0 Å². The summed E-state index contributed by atoms with van der Waals surface area (Å²) in [5.74, 6) is -5.05. The van der Waals surface area contributed by atoms with E-state index in [1.165, 1.54) is 21.9 Å². The molecule has 0 aromatic heterocycles. The second-order valence-corrected chi connectivity index (χ2v) is 11.5. The van der Waals surface area contributed by atoms with E-state index in [4.69, 9.17) is 5.73 Å². The first-order chi connectivity index (χ1) is 20.3. The van der Waals surface area contributed by atoms with Crippen molar-refractivity contribution in [2.75, 3.05) is 13.1 Å². The highest BCUT2D eigenvalue weighted by molar-refractivity contribution is 5.97. The Labute approximate surface area is 249 Å². The molecule has 2 aliphatic heterocycles. The van der Waals surface area contributed by atoms with Crippen LogP contribution in [0.5, 0.6) is 5.75 Å². The van der Waals surface area contributed by atoms with Crippen LogP contribution in [0.3, 0.4) is 0 Å². The van der Waals surface area contributed by atoms with E-state index in [2.05, 4.69) is 10.6 Å². The van der Waals surface area contributed by atoms with Crippen LogP contribution in [-0.2, 0) is 35.2 Å². The van der Waals surface area contributed by atoms with Gasteiger partial charge < -0.3 is 41.5 Å². The average Bonchev–Trinajstić information content (AvgIpc) is 3.63. The molecule has 0 spiro atoms. The van der Waals surface area contributed by atoms with Gasteiger partial charge in [-0.3, -0.25) is 24.0 Å². The second kappa shape index (κ2) is 14.8. The van der Waals surface area contributed by atoms with E-state index in [0.29, 0.717) is 24.8 Å². The standard InChI is InChI=1S/C29H41N5O9/c1-16(2)13-20(27(40)34-12-4-6-23(34)29(42)43)32-26(39)22-5-3-11-33(22)28(41)21(15-24(36)37)31-25(38)19(30)14-17-7-9-18(35)10-8-17/h7-10,16,19-23,35H,3-6,11-15,30H2,1-2H3,(H,31,38)(H,32,39)(H,36,37)(H,42,43)/t19-,20-,21-,22-,23-/m0/s1. The number of carbonyl (C=O) groups is 6. The lowest BCUT2D eigenvalue weighted by atomic mass is 10.0. The molecule has 2 heterocycles. The van der Waals surface area contributed by atoms with Crippen LogP contribution >= 0.6 is 0 Å². The maximum atomic E-state index is 13.5. The summed E-state index contributed by atoms with van der Waals surface area (Å²) in [5, 5.41) is 33.6. The van der Waals surface area contributed by atoms with Crippen molar-refractivity contribution >= 4 is 35.6 Å². The third-order valence-electron chi connectivity index (χ3n) is 7.70. The molecule has 1 aromatic carbocycles. The normalized spacial score (nSPS) is 20.4. The predicted octanol–water partition coefficient (Wildman–Crippen LogP) is -0.181. The lowest BCUT2D eigenvalue weighted by molar-refractivity contribution is -0.150. The van der Waals surface area contributed by atoms with Crippen molar-refractivity contribution in [1.29, 1.82) is 0 Å². The molecule has 2 saturated heterocycles. The first-order valence-electron chi connectivity index (χ1n) is 14.5. The molecular formula is C29H41N5O9. The summed E-state index contributed by atoms with van der Waals surface area (Å²) in [4.78, 5) is 78.9. The predicted molar refractivity (Wildman–Crippen MR) is 152 cm³/mol. The number of hydrogen-bond acceptors (Lipinski definition) is 8. The molecule has 0 bridgehead atoms. The minimum absolute atomic E-state index is 0.0117. The average molecular weight is 604 g/mol. The van der Waals surface area contributed by atoms with Crippen LogP contribution in [0.2, 0.25) is 0 Å². The largest absolute Gasteiger partial charge is 0.508 e. The Bertz CT molecular complexity index is 1210. The minimum atomic E-state index is -1.49. The summed E-state index contributed by atoms with van der Waals surface area (Å²) in [7, 11) is 0. The Morgan fingerprint density at radius 3 is 2.00 bits per heavy atom. The number of aliphatic carboxylic acids is 2. The number of nitrogens with zero attached hydrogens (tertiary/aromatic N) is 2. The summed E-state index contributed by atoms with van der Waals surface area (Å²) in [6.45, 7) is 4.13. The van der Waals surface area contributed by atoms with Crippen LogP contribution in [0.15, 0.2) is 24.3 Å². The van der Waals surface area contributed by atoms with E-state index in [1.54, 1.807) is 12.1 Å². The lowest BCUT2D eigenvalue weighted by Gasteiger charge is -2.31. The van der Waals surface area contributed by atoms with Crippen LogP contribution in [0.4, 0.5) is 0 Å². The van der Waals surface area contributed by atoms with E-state index < -0.39 is 72.2 Å². The number of phenols is 1. The van der Waals surface area contributed by atoms with Crippen molar-refractivity contribution in [3.8, 4) is 5.75 Å². The maximum absolute atomic E-state index is 13.5. The summed E-state index contributed by atoms with van der Waals surface area (Å²) < 4.78 is 0. The number of nitrogens with one attached hydrogen (secondary N) is 2. The highest BCUT2D eigenvalue weighted by Crippen LogP contribution is 2.23. The molecule has 0 saturated carbocycles. The van der Waals surface area contributed by atoms with Crippen molar-refractivity contribution in [2.45, 2.75) is 89.0 Å². The van der Waals surface area contributed by atoms with E-state index in [0.717, 1.165) is 0 Å². The van der Waals surface area contributed by atoms with Gasteiger partial charge in [-0.2, -0.15) is 0 Å². The number of likely N-dealkylation sites (tertiary alicyclic amines) is 2. The molecule has 236 valence electrons. The number of aromatic hydroxyl groups is 1. The lowest BCUT2D eigenvalue weighted by Crippen LogP contribution is -2.58. The Morgan fingerprint density at radius 2 is 1.44 bits per heavy atom. The third-order valence-corrected chi connectivity index (χ3v) is 7.70. The number of phenolic OH excluding ortho intramolecular Hbond substituents is 1. The fraction of sp³-hybridized carbons (Fsp3) is 0.586. The molecule has 43 heavy (non-hydrogen) atoms. The monoisotopic (exact) mass is 603 g/mol. The number of amides is 4. The minimum Gasteiger partial charge on any atom is -0.508 e. The molecule has 7 N–H and O–H groups in total. The molecule has 14 heteroatoms. The van der Waals surface area contributed by atoms with E-state index in [-0.39, 0.29) is 44.0 Å². The number of carboxylic acids is 2. The summed E-state index contributed by atoms with van der Waals surface area (Å²) in [5.41, 5.74) is 6.66. The van der Waals surface area contributed by atoms with Gasteiger partial charge in [0.1, 0.15) is 29.9 Å². The third kappa shape index (κ3) is 8.89. The van der Waals surface area contributed by atoms with Crippen LogP contribution in [0.25, 0.3) is 0 Å². The van der Waals surface area contributed by atoms with Gasteiger partial charge in [0.2, 0.25) is 23.6 Å². The molecular weight excluding hydrogens is 562 g/mol. The van der Waals surface area contributed by atoms with Gasteiger partial charge in [0, 0.05) is 13.1 Å². The first kappa shape index (κ1) is 33.3. The zero-order valence-corrected chi connectivity index (χ0v) is 24.4. The molecule has 1 aromatic rings. The van der Waals surface area contributed by atoms with Crippen molar-refractivity contribution in [1.82, 2.24) is 20.4 Å². The highest BCUT2D eigenvalue weighted by atomic mass is 16.4. The van der Waals surface area contributed by atoms with Gasteiger partial charge in [0.15, 0.2) is 0 Å². The Hall–Kier alpha value is -4.20. The molecule has 14 nitrogen and oxygen atoms in total. The molecule has 3 rings (SSSR count). The Balaban J connectivity index is 1.71. The number of rotatable bonds is 13. The molecule has 2 aliphatic rings. The van der Waals surface area contributed by atoms with E-state index in [1.807, 2.05) is 13.8 Å². The van der Waals surface area contributed by atoms with Crippen molar-refractivity contribution < 1.29 is 44.1 Å². The number of carbonyl (C=O) groups excluding carboxylic acids is 4. The van der Waals surface area contributed by atoms with Crippen molar-refractivity contribution in [2.24, 2.45) is 11.7 Å². The fourth-order valence-electron chi connectivity index (χ4n) is 5.58. The molecule has 2 fully saturated rings. The first-order valence-corrected chi connectivity index (χ1v) is 14.5. The molecule has 5 atom stereocenters. The zero-order valence-electron chi connectivity index (χ0n) is 24.4. The topological polar surface area (TPSA) is 220 Å². The van der Waals surface area contributed by atoms with Gasteiger partial charge >= 0.3 is 11.9 Å². The number of carboxylic acid groups (broad SMARTS) is 2. The molecule has 0 unspecified atom stereocenters. The summed E-state index contributed by atoms with van der Waals surface area (Å²) in [6, 6.07) is 0.447. The number of nitrogens with two attached hydrogens (primary N) is 1. The quantitative estimate of drug-likeness (QED) is 0.175. The summed E-state index contributed by atoms with van der Waals surface area (Å²) in [6.07, 6.45) is 1.14. The highest BCUT2D eigenvalue weighted by Gasteiger charge is 2.42. The van der Waals surface area contributed by atoms with Gasteiger partial charge in [-0.1, -0.05) is 26.0 Å². The zero-order chi connectivity index (χ0) is 31.8. The molecule has 0 aliphatic carbocycles. The second-order valence-electron chi connectivity index (χ2n) is 11.5. The smallest absolute Gasteiger partial charge is 0.326 e. The summed E-state index contributed by atoms with van der Waals surface area (Å²) >= 11 is 0. The Morgan fingerprint density at radius 1 is 0.884 bits per heavy atom. The van der Waals surface area contributed by atoms with Crippen molar-refractivity contribution in [3.63, 3.8) is 0 Å². The van der Waals surface area contributed by atoms with Gasteiger partial charge in [-0.25, -0.2) is 4.79 Å². The molecule has 4 amide bonds. The van der Waals surface area contributed by atoms with Crippen LogP contribution < -0.4 is 16.4 Å². The van der Waals surface area contributed by atoms with Crippen LogP contribution in [0, 0.1) is 5.92 Å². The maximum Gasteiger partial charge on any atom is 0.326 e. The molecule has 0 radical (unpaired) electrons. The SMILES string of the molecule is CC(C)C[C@H](NC(=O)[C@@H]1CCCN1C(=O)[C@H](CC(=O)O)NC(=O)[C@@H](N)Cc1ccc(O)cc1)C(=O)N1CCC[C@H]1C(=O)O. The van der Waals surface area contributed by atoms with Gasteiger partial charge in [0.05, 0.1) is 12.5 Å². The van der Waals surface area contributed by atoms with Crippen LogP contribution in [0.1, 0.15) is 57.9 Å².